The van der Waals surface area contributed by atoms with Crippen LogP contribution >= 0.6 is 15.8 Å². The molecule has 0 fully saturated rings. The van der Waals surface area contributed by atoms with Gasteiger partial charge < -0.3 is 0 Å². The van der Waals surface area contributed by atoms with E-state index in [9.17, 15) is 0 Å². The minimum absolute atomic E-state index is 0.343. The van der Waals surface area contributed by atoms with Crippen LogP contribution in [0.25, 0.3) is 0 Å². The van der Waals surface area contributed by atoms with E-state index in [0.29, 0.717) is 15.8 Å². The molecule has 0 amide bonds. The highest BCUT2D eigenvalue weighted by atomic mass is 31.1. The normalized spacial score (nSPS) is 15.0. The fraction of sp³-hybridized carbons (Fsp3) is 1.00. The van der Waals surface area contributed by atoms with E-state index in [2.05, 4.69) is 41.0 Å². The van der Waals surface area contributed by atoms with Crippen molar-refractivity contribution in [2.24, 2.45) is 11.8 Å². The first-order valence-electron chi connectivity index (χ1n) is 8.79. The topological polar surface area (TPSA) is 0 Å². The summed E-state index contributed by atoms with van der Waals surface area (Å²) in [7, 11) is 0.687. The van der Waals surface area contributed by atoms with Crippen molar-refractivity contribution in [2.45, 2.75) is 66.2 Å². The van der Waals surface area contributed by atoms with E-state index in [4.69, 9.17) is 0 Å². The van der Waals surface area contributed by atoms with E-state index >= 15 is 0 Å². The van der Waals surface area contributed by atoms with Gasteiger partial charge in [0.25, 0.3) is 0 Å². The van der Waals surface area contributed by atoms with Crippen LogP contribution in [0.3, 0.4) is 0 Å². The Morgan fingerprint density at radius 2 is 0.900 bits per heavy atom. The Hall–Kier alpha value is 0.860. The van der Waals surface area contributed by atoms with Gasteiger partial charge in [-0.15, -0.1) is 15.8 Å². The predicted molar refractivity (Wildman–Crippen MR) is 103 cm³/mol. The Labute approximate surface area is 132 Å². The molecule has 2 atom stereocenters. The first kappa shape index (κ1) is 20.9. The van der Waals surface area contributed by atoms with Crippen LogP contribution in [0.4, 0.5) is 0 Å². The number of rotatable bonds is 13. The smallest absolute Gasteiger partial charge is 0.0289 e. The number of unbranched alkanes of at least 4 members (excludes halogenated alkanes) is 2. The van der Waals surface area contributed by atoms with Crippen molar-refractivity contribution in [1.82, 2.24) is 0 Å². The quantitative estimate of drug-likeness (QED) is 0.257. The van der Waals surface area contributed by atoms with Crippen molar-refractivity contribution >= 4 is 15.8 Å². The SMILES string of the molecule is CC(C)CCCCP(C)CCP(C)CCCCC(C)C. The monoisotopic (exact) mass is 318 g/mol. The summed E-state index contributed by atoms with van der Waals surface area (Å²) in [5.74, 6) is 1.79. The van der Waals surface area contributed by atoms with Crippen molar-refractivity contribution in [2.75, 3.05) is 38.0 Å². The molecule has 0 N–H and O–H groups in total. The molecular formula is C18H40P2. The van der Waals surface area contributed by atoms with Gasteiger partial charge in [0.2, 0.25) is 0 Å². The van der Waals surface area contributed by atoms with Crippen molar-refractivity contribution < 1.29 is 0 Å². The maximum atomic E-state index is 2.53. The fourth-order valence-corrected chi connectivity index (χ4v) is 7.14. The molecule has 0 spiro atoms. The van der Waals surface area contributed by atoms with Crippen LogP contribution in [0.2, 0.25) is 0 Å². The first-order chi connectivity index (χ1) is 9.41. The summed E-state index contributed by atoms with van der Waals surface area (Å²) >= 11 is 0. The summed E-state index contributed by atoms with van der Waals surface area (Å²) in [4.78, 5) is 0. The van der Waals surface area contributed by atoms with Crippen LogP contribution in [-0.2, 0) is 0 Å². The Bertz CT molecular complexity index is 180. The van der Waals surface area contributed by atoms with Gasteiger partial charge in [0.1, 0.15) is 0 Å². The molecule has 0 heterocycles. The van der Waals surface area contributed by atoms with E-state index in [1.807, 2.05) is 0 Å². The zero-order valence-corrected chi connectivity index (χ0v) is 16.9. The molecule has 0 aromatic carbocycles. The van der Waals surface area contributed by atoms with Gasteiger partial charge in [-0.2, -0.15) is 0 Å². The Morgan fingerprint density at radius 3 is 1.20 bits per heavy atom. The van der Waals surface area contributed by atoms with E-state index in [-0.39, 0.29) is 0 Å². The summed E-state index contributed by atoms with van der Waals surface area (Å²) in [5.41, 5.74) is 0. The molecule has 2 unspecified atom stereocenters. The molecule has 20 heavy (non-hydrogen) atoms. The molecule has 0 nitrogen and oxygen atoms in total. The molecule has 122 valence electrons. The summed E-state index contributed by atoms with van der Waals surface area (Å²) in [5, 5.41) is 0. The lowest BCUT2D eigenvalue weighted by Crippen LogP contribution is -1.98. The second-order valence-corrected chi connectivity index (χ2v) is 12.6. The van der Waals surface area contributed by atoms with Gasteiger partial charge in [0.15, 0.2) is 0 Å². The lowest BCUT2D eigenvalue weighted by Gasteiger charge is -2.17. The van der Waals surface area contributed by atoms with Crippen molar-refractivity contribution in [3.05, 3.63) is 0 Å². The molecule has 0 aromatic rings. The van der Waals surface area contributed by atoms with Crippen molar-refractivity contribution in [1.29, 1.82) is 0 Å². The Kier molecular flexibility index (Phi) is 14.1. The molecule has 0 saturated carbocycles. The third-order valence-electron chi connectivity index (χ3n) is 4.01. The molecule has 0 aliphatic rings. The average molecular weight is 318 g/mol. The Morgan fingerprint density at radius 1 is 0.550 bits per heavy atom. The molecule has 0 radical (unpaired) electrons. The number of hydrogen-bond donors (Lipinski definition) is 0. The van der Waals surface area contributed by atoms with Gasteiger partial charge in [0.05, 0.1) is 0 Å². The number of hydrogen-bond acceptors (Lipinski definition) is 0. The largest absolute Gasteiger partial charge is 0.110 e. The summed E-state index contributed by atoms with van der Waals surface area (Å²) in [6.07, 6.45) is 14.9. The van der Waals surface area contributed by atoms with Crippen molar-refractivity contribution in [3.8, 4) is 0 Å². The van der Waals surface area contributed by atoms with Crippen LogP contribution in [0.5, 0.6) is 0 Å². The molecule has 0 saturated heterocycles. The van der Waals surface area contributed by atoms with Gasteiger partial charge in [-0.05, 0) is 62.7 Å². The summed E-state index contributed by atoms with van der Waals surface area (Å²) in [6.45, 7) is 14.5. The molecule has 0 rings (SSSR count). The maximum Gasteiger partial charge on any atom is -0.0289 e. The van der Waals surface area contributed by atoms with Crippen LogP contribution in [0.15, 0.2) is 0 Å². The highest BCUT2D eigenvalue weighted by Crippen LogP contribution is 2.39. The highest BCUT2D eigenvalue weighted by Gasteiger charge is 2.06. The van der Waals surface area contributed by atoms with Crippen LogP contribution in [0.1, 0.15) is 66.2 Å². The third kappa shape index (κ3) is 15.3. The summed E-state index contributed by atoms with van der Waals surface area (Å²) in [6, 6.07) is 0. The molecule has 2 heteroatoms. The molecule has 0 aliphatic carbocycles. The van der Waals surface area contributed by atoms with Crippen molar-refractivity contribution in [3.63, 3.8) is 0 Å². The zero-order chi connectivity index (χ0) is 15.4. The zero-order valence-electron chi connectivity index (χ0n) is 15.1. The van der Waals surface area contributed by atoms with Gasteiger partial charge in [0, 0.05) is 0 Å². The van der Waals surface area contributed by atoms with E-state index in [0.717, 1.165) is 11.8 Å². The van der Waals surface area contributed by atoms with Crippen LogP contribution in [0, 0.1) is 11.8 Å². The molecule has 0 aromatic heterocycles. The standard InChI is InChI=1S/C18H40P2/c1-17(2)11-7-9-13-19(5)15-16-20(6)14-10-8-12-18(3)4/h17-18H,7-16H2,1-6H3. The Balaban J connectivity index is 3.41. The molecule has 0 bridgehead atoms. The lowest BCUT2D eigenvalue weighted by molar-refractivity contribution is 0.551. The third-order valence-corrected chi connectivity index (χ3v) is 8.49. The van der Waals surface area contributed by atoms with E-state index in [1.165, 1.54) is 50.8 Å². The average Bonchev–Trinajstić information content (AvgIpc) is 2.37. The van der Waals surface area contributed by atoms with Gasteiger partial charge in [-0.25, -0.2) is 0 Å². The van der Waals surface area contributed by atoms with E-state index < -0.39 is 0 Å². The first-order valence-corrected chi connectivity index (χ1v) is 13.1. The summed E-state index contributed by atoms with van der Waals surface area (Å²) < 4.78 is 0. The van der Waals surface area contributed by atoms with Gasteiger partial charge in [-0.1, -0.05) is 53.4 Å². The minimum atomic E-state index is 0.343. The van der Waals surface area contributed by atoms with Gasteiger partial charge >= 0.3 is 0 Å². The fourth-order valence-electron chi connectivity index (χ4n) is 2.43. The predicted octanol–water partition coefficient (Wildman–Crippen LogP) is 6.86. The van der Waals surface area contributed by atoms with Crippen LogP contribution in [-0.4, -0.2) is 38.0 Å². The van der Waals surface area contributed by atoms with E-state index in [1.54, 1.807) is 12.3 Å². The highest BCUT2D eigenvalue weighted by molar-refractivity contribution is 7.60. The molecular weight excluding hydrogens is 278 g/mol. The second kappa shape index (κ2) is 13.5. The van der Waals surface area contributed by atoms with Gasteiger partial charge in [-0.3, -0.25) is 0 Å². The maximum absolute atomic E-state index is 2.53. The minimum Gasteiger partial charge on any atom is -0.110 e. The van der Waals surface area contributed by atoms with Crippen LogP contribution < -0.4 is 0 Å². The lowest BCUT2D eigenvalue weighted by atomic mass is 10.1. The molecule has 0 aliphatic heterocycles. The second-order valence-electron chi connectivity index (χ2n) is 7.39.